The van der Waals surface area contributed by atoms with Crippen molar-refractivity contribution in [2.24, 2.45) is 0 Å². The number of carbonyl (C=O) groups excluding carboxylic acids is 3. The molecule has 0 aliphatic rings. The van der Waals surface area contributed by atoms with Crippen molar-refractivity contribution in [3.8, 4) is 0 Å². The van der Waals surface area contributed by atoms with Crippen LogP contribution in [0.5, 0.6) is 0 Å². The number of anilines is 1. The van der Waals surface area contributed by atoms with Gasteiger partial charge in [0.15, 0.2) is 0 Å². The Labute approximate surface area is 185 Å². The van der Waals surface area contributed by atoms with E-state index >= 15 is 0 Å². The number of esters is 1. The number of para-hydroxylation sites is 1. The van der Waals surface area contributed by atoms with Crippen LogP contribution in [0, 0.1) is 0 Å². The van der Waals surface area contributed by atoms with Gasteiger partial charge in [-0.1, -0.05) is 29.8 Å². The second-order valence-corrected chi connectivity index (χ2v) is 7.31. The summed E-state index contributed by atoms with van der Waals surface area (Å²) >= 11 is 6.30. The average Bonchev–Trinajstić information content (AvgIpc) is 3.12. The first-order chi connectivity index (χ1) is 14.9. The van der Waals surface area contributed by atoms with Crippen LogP contribution in [0.25, 0.3) is 10.9 Å². The fourth-order valence-corrected chi connectivity index (χ4v) is 3.71. The van der Waals surface area contributed by atoms with Crippen LogP contribution in [0.3, 0.4) is 0 Å². The van der Waals surface area contributed by atoms with Gasteiger partial charge in [0.1, 0.15) is 6.54 Å². The van der Waals surface area contributed by atoms with Crippen LogP contribution in [0.4, 0.5) is 5.69 Å². The first-order valence-electron chi connectivity index (χ1n) is 9.94. The number of fused-ring (bicyclic) bond motifs is 1. The maximum atomic E-state index is 12.6. The number of carbonyl (C=O) groups is 3. The molecule has 7 nitrogen and oxygen atoms in total. The number of benzene rings is 2. The number of nitrogens with one attached hydrogen (secondary N) is 1. The van der Waals surface area contributed by atoms with Crippen LogP contribution in [-0.4, -0.2) is 47.4 Å². The van der Waals surface area contributed by atoms with Gasteiger partial charge in [0, 0.05) is 35.9 Å². The predicted molar refractivity (Wildman–Crippen MR) is 121 cm³/mol. The highest BCUT2D eigenvalue weighted by Gasteiger charge is 2.18. The number of amides is 2. The third-order valence-corrected chi connectivity index (χ3v) is 5.35. The lowest BCUT2D eigenvalue weighted by Gasteiger charge is -2.19. The Morgan fingerprint density at radius 3 is 2.42 bits per heavy atom. The molecule has 0 radical (unpaired) electrons. The topological polar surface area (TPSA) is 80.6 Å². The first kappa shape index (κ1) is 22.4. The van der Waals surface area contributed by atoms with Gasteiger partial charge in [-0.05, 0) is 38.1 Å². The molecule has 0 unspecified atom stereocenters. The molecule has 0 aliphatic heterocycles. The summed E-state index contributed by atoms with van der Waals surface area (Å²) in [7, 11) is 1.32. The SMILES string of the molecule is CCN(CC)C(=O)c1ccc(NC(=O)Cn2cc(C(=O)OC)c3ccccc32)cc1Cl. The lowest BCUT2D eigenvalue weighted by atomic mass is 10.1. The fourth-order valence-electron chi connectivity index (χ4n) is 3.45. The van der Waals surface area contributed by atoms with Gasteiger partial charge in [-0.25, -0.2) is 4.79 Å². The molecule has 1 N–H and O–H groups in total. The van der Waals surface area contributed by atoms with Crippen molar-refractivity contribution in [3.63, 3.8) is 0 Å². The van der Waals surface area contributed by atoms with Gasteiger partial charge in [0.2, 0.25) is 5.91 Å². The van der Waals surface area contributed by atoms with Crippen LogP contribution in [0.2, 0.25) is 5.02 Å². The molecule has 0 aliphatic carbocycles. The van der Waals surface area contributed by atoms with Crippen molar-refractivity contribution < 1.29 is 19.1 Å². The molecule has 0 bridgehead atoms. The molecule has 1 heterocycles. The van der Waals surface area contributed by atoms with Crippen LogP contribution in [-0.2, 0) is 16.1 Å². The molecule has 1 aromatic heterocycles. The van der Waals surface area contributed by atoms with E-state index in [0.717, 1.165) is 5.52 Å². The number of nitrogens with zero attached hydrogens (tertiary/aromatic N) is 2. The molecule has 162 valence electrons. The fraction of sp³-hybridized carbons (Fsp3) is 0.261. The third-order valence-electron chi connectivity index (χ3n) is 5.04. The number of hydrogen-bond acceptors (Lipinski definition) is 4. The van der Waals surface area contributed by atoms with E-state index in [-0.39, 0.29) is 23.4 Å². The Morgan fingerprint density at radius 2 is 1.77 bits per heavy atom. The lowest BCUT2D eigenvalue weighted by molar-refractivity contribution is -0.116. The summed E-state index contributed by atoms with van der Waals surface area (Å²) in [6, 6.07) is 12.1. The standard InChI is InChI=1S/C23H24ClN3O4/c1-4-26(5-2)22(29)17-11-10-15(12-19(17)24)25-21(28)14-27-13-18(23(30)31-3)16-8-6-7-9-20(16)27/h6-13H,4-5,14H2,1-3H3,(H,25,28). The number of halogens is 1. The van der Waals surface area contributed by atoms with E-state index in [9.17, 15) is 14.4 Å². The number of rotatable bonds is 7. The zero-order valence-electron chi connectivity index (χ0n) is 17.6. The number of aromatic nitrogens is 1. The molecule has 0 fully saturated rings. The lowest BCUT2D eigenvalue weighted by Crippen LogP contribution is -2.30. The first-order valence-corrected chi connectivity index (χ1v) is 10.3. The van der Waals surface area contributed by atoms with E-state index in [2.05, 4.69) is 5.32 Å². The number of ether oxygens (including phenoxy) is 1. The van der Waals surface area contributed by atoms with Crippen molar-refractivity contribution in [1.29, 1.82) is 0 Å². The third kappa shape index (κ3) is 4.72. The quantitative estimate of drug-likeness (QED) is 0.557. The normalized spacial score (nSPS) is 10.7. The van der Waals surface area contributed by atoms with Crippen LogP contribution < -0.4 is 5.32 Å². The van der Waals surface area contributed by atoms with Crippen LogP contribution >= 0.6 is 11.6 Å². The summed E-state index contributed by atoms with van der Waals surface area (Å²) < 4.78 is 6.53. The monoisotopic (exact) mass is 441 g/mol. The zero-order chi connectivity index (χ0) is 22.5. The van der Waals surface area contributed by atoms with Gasteiger partial charge in [0.25, 0.3) is 5.91 Å². The van der Waals surface area contributed by atoms with E-state index < -0.39 is 5.97 Å². The number of hydrogen-bond donors (Lipinski definition) is 1. The summed E-state index contributed by atoms with van der Waals surface area (Å²) in [6.07, 6.45) is 1.61. The Balaban J connectivity index is 1.78. The van der Waals surface area contributed by atoms with Crippen molar-refractivity contribution in [3.05, 3.63) is 64.8 Å². The zero-order valence-corrected chi connectivity index (χ0v) is 18.4. The highest BCUT2D eigenvalue weighted by molar-refractivity contribution is 6.34. The minimum absolute atomic E-state index is 0.00471. The molecule has 0 spiro atoms. The Kier molecular flexibility index (Phi) is 6.97. The molecular formula is C23H24ClN3O4. The summed E-state index contributed by atoms with van der Waals surface area (Å²) in [5.74, 6) is -0.909. The van der Waals surface area contributed by atoms with Crippen molar-refractivity contribution >= 4 is 46.0 Å². The van der Waals surface area contributed by atoms with Gasteiger partial charge in [-0.2, -0.15) is 0 Å². The molecule has 3 aromatic rings. The summed E-state index contributed by atoms with van der Waals surface area (Å²) in [5, 5.41) is 3.77. The van der Waals surface area contributed by atoms with Gasteiger partial charge in [0.05, 0.1) is 23.3 Å². The molecule has 2 amide bonds. The van der Waals surface area contributed by atoms with Crippen LogP contribution in [0.1, 0.15) is 34.6 Å². The molecule has 0 saturated heterocycles. The van der Waals surface area contributed by atoms with E-state index in [1.54, 1.807) is 39.9 Å². The van der Waals surface area contributed by atoms with Gasteiger partial charge < -0.3 is 19.5 Å². The Morgan fingerprint density at radius 1 is 1.06 bits per heavy atom. The molecule has 2 aromatic carbocycles. The highest BCUT2D eigenvalue weighted by Crippen LogP contribution is 2.24. The van der Waals surface area contributed by atoms with Gasteiger partial charge in [-0.3, -0.25) is 9.59 Å². The molecule has 31 heavy (non-hydrogen) atoms. The maximum absolute atomic E-state index is 12.6. The van der Waals surface area contributed by atoms with E-state index in [1.807, 2.05) is 32.0 Å². The average molecular weight is 442 g/mol. The predicted octanol–water partition coefficient (Wildman–Crippen LogP) is 4.20. The second kappa shape index (κ2) is 9.66. The molecule has 8 heteroatoms. The Bertz CT molecular complexity index is 1140. The van der Waals surface area contributed by atoms with E-state index in [4.69, 9.17) is 16.3 Å². The summed E-state index contributed by atoms with van der Waals surface area (Å²) in [5.41, 5.74) is 2.02. The minimum Gasteiger partial charge on any atom is -0.465 e. The molecule has 0 atom stereocenters. The van der Waals surface area contributed by atoms with Crippen molar-refractivity contribution in [2.75, 3.05) is 25.5 Å². The summed E-state index contributed by atoms with van der Waals surface area (Å²) in [4.78, 5) is 38.9. The van der Waals surface area contributed by atoms with Crippen molar-refractivity contribution in [2.45, 2.75) is 20.4 Å². The summed E-state index contributed by atoms with van der Waals surface area (Å²) in [6.45, 7) is 4.97. The van der Waals surface area contributed by atoms with E-state index in [0.29, 0.717) is 35.3 Å². The Hall–Kier alpha value is -3.32. The molecule has 3 rings (SSSR count). The maximum Gasteiger partial charge on any atom is 0.340 e. The van der Waals surface area contributed by atoms with E-state index in [1.165, 1.54) is 7.11 Å². The van der Waals surface area contributed by atoms with Gasteiger partial charge >= 0.3 is 5.97 Å². The number of methoxy groups -OCH3 is 1. The van der Waals surface area contributed by atoms with Gasteiger partial charge in [-0.15, -0.1) is 0 Å². The second-order valence-electron chi connectivity index (χ2n) is 6.90. The highest BCUT2D eigenvalue weighted by atomic mass is 35.5. The largest absolute Gasteiger partial charge is 0.465 e. The molecule has 0 saturated carbocycles. The van der Waals surface area contributed by atoms with Crippen molar-refractivity contribution in [1.82, 2.24) is 9.47 Å². The minimum atomic E-state index is -0.462. The van der Waals surface area contributed by atoms with Crippen LogP contribution in [0.15, 0.2) is 48.7 Å². The smallest absolute Gasteiger partial charge is 0.340 e. The molecular weight excluding hydrogens is 418 g/mol.